The molecule has 6 heteroatoms. The number of hydrogen-bond donors (Lipinski definition) is 1. The molecule has 2 rings (SSSR count). The van der Waals surface area contributed by atoms with Gasteiger partial charge in [-0.1, -0.05) is 25.5 Å². The van der Waals surface area contributed by atoms with Crippen LogP contribution in [0, 0.1) is 6.92 Å². The van der Waals surface area contributed by atoms with Crippen molar-refractivity contribution in [3.05, 3.63) is 51.6 Å². The average molecular weight is 296 g/mol. The van der Waals surface area contributed by atoms with Crippen molar-refractivity contribution in [2.45, 2.75) is 32.9 Å². The summed E-state index contributed by atoms with van der Waals surface area (Å²) in [5.74, 6) is 0. The van der Waals surface area contributed by atoms with Gasteiger partial charge in [-0.3, -0.25) is 0 Å². The molecule has 0 radical (unpaired) electrons. The smallest absolute Gasteiger partial charge is 0.310 e. The number of aromatic nitrogens is 2. The van der Waals surface area contributed by atoms with E-state index in [-0.39, 0.29) is 0 Å². The minimum absolute atomic E-state index is 0.297. The number of alkyl halides is 3. The maximum absolute atomic E-state index is 12.8. The van der Waals surface area contributed by atoms with Crippen LogP contribution in [-0.2, 0) is 12.6 Å². The van der Waals surface area contributed by atoms with Gasteiger partial charge in [0.2, 0.25) is 0 Å². The van der Waals surface area contributed by atoms with Crippen molar-refractivity contribution in [2.24, 2.45) is 0 Å². The fourth-order valence-electron chi connectivity index (χ4n) is 2.20. The van der Waals surface area contributed by atoms with Gasteiger partial charge in [0, 0.05) is 11.3 Å². The first-order valence-electron chi connectivity index (χ1n) is 6.60. The van der Waals surface area contributed by atoms with E-state index in [4.69, 9.17) is 0 Å². The van der Waals surface area contributed by atoms with Gasteiger partial charge in [-0.05, 0) is 31.0 Å². The number of rotatable bonds is 3. The Morgan fingerprint density at radius 2 is 2.00 bits per heavy atom. The van der Waals surface area contributed by atoms with Gasteiger partial charge in [0.05, 0.1) is 11.3 Å². The molecule has 0 unspecified atom stereocenters. The Kier molecular flexibility index (Phi) is 4.16. The summed E-state index contributed by atoms with van der Waals surface area (Å²) in [7, 11) is 0. The Bertz CT molecular complexity index is 705. The van der Waals surface area contributed by atoms with Gasteiger partial charge in [-0.15, -0.1) is 0 Å². The van der Waals surface area contributed by atoms with Gasteiger partial charge < -0.3 is 4.98 Å². The van der Waals surface area contributed by atoms with Gasteiger partial charge in [0.25, 0.3) is 0 Å². The number of halogens is 3. The largest absolute Gasteiger partial charge is 0.416 e. The molecule has 0 amide bonds. The molecule has 0 aliphatic rings. The van der Waals surface area contributed by atoms with Crippen molar-refractivity contribution < 1.29 is 13.2 Å². The summed E-state index contributed by atoms with van der Waals surface area (Å²) in [6, 6.07) is 4.86. The summed E-state index contributed by atoms with van der Waals surface area (Å²) in [6.45, 7) is 3.71. The molecular formula is C15H15F3N2O. The Hall–Kier alpha value is -2.11. The van der Waals surface area contributed by atoms with Crippen LogP contribution in [-0.4, -0.2) is 9.97 Å². The topological polar surface area (TPSA) is 45.8 Å². The van der Waals surface area contributed by atoms with E-state index in [0.717, 1.165) is 18.6 Å². The fourth-order valence-corrected chi connectivity index (χ4v) is 2.20. The summed E-state index contributed by atoms with van der Waals surface area (Å²) in [5, 5.41) is 0. The average Bonchev–Trinajstić information content (AvgIpc) is 2.42. The van der Waals surface area contributed by atoms with Crippen LogP contribution >= 0.6 is 0 Å². The molecule has 2 aromatic rings. The van der Waals surface area contributed by atoms with Crippen molar-refractivity contribution >= 4 is 0 Å². The molecule has 1 aromatic heterocycles. The predicted octanol–water partition coefficient (Wildman–Crippen LogP) is 3.72. The predicted molar refractivity (Wildman–Crippen MR) is 74.0 cm³/mol. The lowest BCUT2D eigenvalue weighted by Crippen LogP contribution is -2.16. The molecule has 3 nitrogen and oxygen atoms in total. The number of benzene rings is 1. The highest BCUT2D eigenvalue weighted by Gasteiger charge is 2.30. The van der Waals surface area contributed by atoms with Gasteiger partial charge >= 0.3 is 11.9 Å². The lowest BCUT2D eigenvalue weighted by molar-refractivity contribution is -0.137. The molecule has 0 saturated heterocycles. The third-order valence-electron chi connectivity index (χ3n) is 3.24. The number of hydrogen-bond acceptors (Lipinski definition) is 2. The zero-order valence-corrected chi connectivity index (χ0v) is 11.7. The van der Waals surface area contributed by atoms with E-state index in [1.807, 2.05) is 6.92 Å². The van der Waals surface area contributed by atoms with Crippen LogP contribution in [0.3, 0.4) is 0 Å². The fraction of sp³-hybridized carbons (Fsp3) is 0.333. The molecule has 0 aliphatic carbocycles. The lowest BCUT2D eigenvalue weighted by Gasteiger charge is -2.12. The maximum Gasteiger partial charge on any atom is 0.416 e. The van der Waals surface area contributed by atoms with Crippen molar-refractivity contribution in [1.29, 1.82) is 0 Å². The van der Waals surface area contributed by atoms with Gasteiger partial charge in [-0.2, -0.15) is 18.2 Å². The van der Waals surface area contributed by atoms with Crippen LogP contribution in [0.1, 0.15) is 30.2 Å². The first kappa shape index (κ1) is 15.3. The molecule has 0 atom stereocenters. The number of aryl methyl sites for hydroxylation is 1. The summed E-state index contributed by atoms with van der Waals surface area (Å²) in [6.07, 6.45) is -2.95. The quantitative estimate of drug-likeness (QED) is 0.938. The molecule has 0 aliphatic heterocycles. The van der Waals surface area contributed by atoms with Crippen molar-refractivity contribution in [1.82, 2.24) is 9.97 Å². The Balaban J connectivity index is 2.59. The van der Waals surface area contributed by atoms with Crippen molar-refractivity contribution in [3.8, 4) is 11.3 Å². The Labute approximate surface area is 119 Å². The third-order valence-corrected chi connectivity index (χ3v) is 3.24. The standard InChI is InChI=1S/C15H15F3N2O/c1-3-5-12-9(2)13(20-14(21)19-12)10-6-4-7-11(8-10)15(16,17)18/h4,6-8H,3,5H2,1-2H3,(H,19,20,21). The van der Waals surface area contributed by atoms with Crippen molar-refractivity contribution in [2.75, 3.05) is 0 Å². The van der Waals surface area contributed by atoms with Crippen molar-refractivity contribution in [3.63, 3.8) is 0 Å². The van der Waals surface area contributed by atoms with Gasteiger partial charge in [0.1, 0.15) is 0 Å². The van der Waals surface area contributed by atoms with E-state index in [1.165, 1.54) is 12.1 Å². The van der Waals surface area contributed by atoms with Crippen LogP contribution in [0.5, 0.6) is 0 Å². The van der Waals surface area contributed by atoms with Gasteiger partial charge in [-0.25, -0.2) is 4.79 Å². The van der Waals surface area contributed by atoms with E-state index in [1.54, 1.807) is 6.92 Å². The van der Waals surface area contributed by atoms with Gasteiger partial charge in [0.15, 0.2) is 0 Å². The second-order valence-electron chi connectivity index (χ2n) is 4.82. The van der Waals surface area contributed by atoms with E-state index < -0.39 is 17.4 Å². The van der Waals surface area contributed by atoms with Crippen LogP contribution < -0.4 is 5.69 Å². The first-order valence-corrected chi connectivity index (χ1v) is 6.60. The minimum Gasteiger partial charge on any atom is -0.310 e. The molecular weight excluding hydrogens is 281 g/mol. The molecule has 1 N–H and O–H groups in total. The monoisotopic (exact) mass is 296 g/mol. The highest BCUT2D eigenvalue weighted by Crippen LogP contribution is 2.32. The van der Waals surface area contributed by atoms with E-state index in [0.29, 0.717) is 28.9 Å². The zero-order chi connectivity index (χ0) is 15.6. The summed E-state index contributed by atoms with van der Waals surface area (Å²) < 4.78 is 38.3. The third kappa shape index (κ3) is 3.32. The van der Waals surface area contributed by atoms with Crippen LogP contribution in [0.2, 0.25) is 0 Å². The highest BCUT2D eigenvalue weighted by atomic mass is 19.4. The summed E-state index contributed by atoms with van der Waals surface area (Å²) in [4.78, 5) is 18.1. The molecule has 112 valence electrons. The molecule has 0 spiro atoms. The number of H-pyrrole nitrogens is 1. The molecule has 0 bridgehead atoms. The molecule has 1 aromatic carbocycles. The molecule has 21 heavy (non-hydrogen) atoms. The minimum atomic E-state index is -4.42. The normalized spacial score (nSPS) is 11.7. The Morgan fingerprint density at radius 3 is 2.62 bits per heavy atom. The SMILES string of the molecule is CCCc1[nH]c(=O)nc(-c2cccc(C(F)(F)F)c2)c1C. The highest BCUT2D eigenvalue weighted by molar-refractivity contribution is 5.64. The van der Waals surface area contributed by atoms with E-state index in [2.05, 4.69) is 9.97 Å². The molecule has 0 saturated carbocycles. The van der Waals surface area contributed by atoms with Crippen LogP contribution in [0.25, 0.3) is 11.3 Å². The maximum atomic E-state index is 12.8. The van der Waals surface area contributed by atoms with Crippen LogP contribution in [0.15, 0.2) is 29.1 Å². The summed E-state index contributed by atoms with van der Waals surface area (Å²) in [5.41, 5.74) is 0.717. The number of nitrogens with one attached hydrogen (secondary N) is 1. The summed E-state index contributed by atoms with van der Waals surface area (Å²) >= 11 is 0. The van der Waals surface area contributed by atoms with Crippen LogP contribution in [0.4, 0.5) is 13.2 Å². The molecule has 0 fully saturated rings. The van der Waals surface area contributed by atoms with E-state index in [9.17, 15) is 18.0 Å². The van der Waals surface area contributed by atoms with E-state index >= 15 is 0 Å². The number of nitrogens with zero attached hydrogens (tertiary/aromatic N) is 1. The first-order chi connectivity index (χ1) is 9.82. The Morgan fingerprint density at radius 1 is 1.29 bits per heavy atom. The second-order valence-corrected chi connectivity index (χ2v) is 4.82. The lowest BCUT2D eigenvalue weighted by atomic mass is 10.0. The number of aromatic amines is 1. The zero-order valence-electron chi connectivity index (χ0n) is 11.7. The second kappa shape index (κ2) is 5.71. The molecule has 1 heterocycles.